The molecule has 1 aromatic carbocycles. The molecule has 5 N–H and O–H groups in total. The number of aromatic nitrogens is 2. The van der Waals surface area contributed by atoms with E-state index in [1.165, 1.54) is 34.0 Å². The molecule has 0 unspecified atom stereocenters. The van der Waals surface area contributed by atoms with E-state index in [1.54, 1.807) is 6.21 Å². The minimum absolute atomic E-state index is 0.0253. The summed E-state index contributed by atoms with van der Waals surface area (Å²) in [5.74, 6) is -0.115. The number of pyridine rings is 1. The van der Waals surface area contributed by atoms with Crippen LogP contribution < -0.4 is 11.1 Å². The van der Waals surface area contributed by atoms with Crippen LogP contribution in [0.1, 0.15) is 55.0 Å². The van der Waals surface area contributed by atoms with Crippen LogP contribution in [-0.4, -0.2) is 58.3 Å². The van der Waals surface area contributed by atoms with E-state index < -0.39 is 0 Å². The Balaban J connectivity index is 1.44. The van der Waals surface area contributed by atoms with Crippen LogP contribution in [0.15, 0.2) is 47.4 Å². The molecule has 0 saturated carbocycles. The Labute approximate surface area is 224 Å². The van der Waals surface area contributed by atoms with Crippen molar-refractivity contribution in [3.63, 3.8) is 0 Å². The quantitative estimate of drug-likeness (QED) is 0.283. The van der Waals surface area contributed by atoms with E-state index in [1.807, 2.05) is 31.1 Å². The molecule has 1 amide bonds. The number of rotatable bonds is 7. The number of nitrogens with two attached hydrogens (primary N) is 1. The third-order valence-corrected chi connectivity index (χ3v) is 7.78. The second kappa shape index (κ2) is 10.7. The lowest BCUT2D eigenvalue weighted by molar-refractivity contribution is -0.127. The van der Waals surface area contributed by atoms with Gasteiger partial charge in [-0.25, -0.2) is 4.98 Å². The number of amides is 1. The van der Waals surface area contributed by atoms with Crippen LogP contribution in [0.3, 0.4) is 0 Å². The van der Waals surface area contributed by atoms with E-state index in [9.17, 15) is 9.90 Å². The fraction of sp³-hybridized carbons (Fsp3) is 0.433. The largest absolute Gasteiger partial charge is 0.404 e. The number of aryl methyl sites for hydroxylation is 1. The van der Waals surface area contributed by atoms with Gasteiger partial charge in [0.2, 0.25) is 0 Å². The highest BCUT2D eigenvalue weighted by atomic mass is 16.3. The summed E-state index contributed by atoms with van der Waals surface area (Å²) < 4.78 is 0. The van der Waals surface area contributed by atoms with Gasteiger partial charge in [0.25, 0.3) is 5.91 Å². The van der Waals surface area contributed by atoms with E-state index in [0.717, 1.165) is 42.4 Å². The molecule has 8 nitrogen and oxygen atoms in total. The van der Waals surface area contributed by atoms with Gasteiger partial charge in [0.05, 0.1) is 5.57 Å². The van der Waals surface area contributed by atoms with Gasteiger partial charge in [-0.1, -0.05) is 19.9 Å². The lowest BCUT2D eigenvalue weighted by Crippen LogP contribution is -2.38. The molecule has 2 aliphatic heterocycles. The van der Waals surface area contributed by atoms with Gasteiger partial charge in [-0.3, -0.25) is 9.79 Å². The van der Waals surface area contributed by atoms with Crippen molar-refractivity contribution in [2.45, 2.75) is 52.6 Å². The summed E-state index contributed by atoms with van der Waals surface area (Å²) in [7, 11) is 0. The molecule has 0 bridgehead atoms. The zero-order valence-corrected chi connectivity index (χ0v) is 22.6. The van der Waals surface area contributed by atoms with Crippen molar-refractivity contribution in [2.24, 2.45) is 16.1 Å². The van der Waals surface area contributed by atoms with Gasteiger partial charge >= 0.3 is 0 Å². The van der Waals surface area contributed by atoms with Crippen molar-refractivity contribution >= 4 is 23.2 Å². The fourth-order valence-electron chi connectivity index (χ4n) is 5.38. The van der Waals surface area contributed by atoms with E-state index in [0.29, 0.717) is 25.2 Å². The minimum atomic E-state index is -0.343. The summed E-state index contributed by atoms with van der Waals surface area (Å²) in [5.41, 5.74) is 14.0. The molecule has 1 fully saturated rings. The first-order valence-corrected chi connectivity index (χ1v) is 13.4. The normalized spacial score (nSPS) is 18.5. The number of hydrogen-bond acceptors (Lipinski definition) is 6. The molecule has 1 saturated heterocycles. The summed E-state index contributed by atoms with van der Waals surface area (Å²) in [4.78, 5) is 27.6. The smallest absolute Gasteiger partial charge is 0.257 e. The number of carbonyl (C=O) groups excluding carboxylic acids is 1. The summed E-state index contributed by atoms with van der Waals surface area (Å²) in [5, 5.41) is 14.3. The molecule has 4 heterocycles. The number of nitrogens with one attached hydrogen (secondary N) is 2. The average molecular weight is 515 g/mol. The average Bonchev–Trinajstić information content (AvgIpc) is 3.60. The maximum Gasteiger partial charge on any atom is 0.257 e. The van der Waals surface area contributed by atoms with E-state index in [-0.39, 0.29) is 24.0 Å². The topological polar surface area (TPSA) is 120 Å². The number of aromatic amines is 1. The zero-order chi connectivity index (χ0) is 26.9. The predicted octanol–water partition coefficient (Wildman–Crippen LogP) is 3.78. The van der Waals surface area contributed by atoms with Crippen molar-refractivity contribution in [1.82, 2.24) is 20.2 Å². The number of carbonyl (C=O) groups is 1. The van der Waals surface area contributed by atoms with Crippen molar-refractivity contribution < 1.29 is 9.90 Å². The lowest BCUT2D eigenvalue weighted by atomic mass is 9.87. The highest BCUT2D eigenvalue weighted by Gasteiger charge is 2.29. The molecule has 3 aromatic rings. The maximum absolute atomic E-state index is 13.4. The molecule has 0 radical (unpaired) electrons. The van der Waals surface area contributed by atoms with Crippen LogP contribution in [0.5, 0.6) is 0 Å². The highest BCUT2D eigenvalue weighted by Crippen LogP contribution is 2.36. The molecular weight excluding hydrogens is 476 g/mol. The van der Waals surface area contributed by atoms with Gasteiger partial charge in [0.15, 0.2) is 0 Å². The number of benzene rings is 1. The summed E-state index contributed by atoms with van der Waals surface area (Å²) in [6.07, 6.45) is 9.82. The highest BCUT2D eigenvalue weighted by molar-refractivity contribution is 6.12. The molecular formula is C30H38N6O2. The van der Waals surface area contributed by atoms with Crippen LogP contribution >= 0.6 is 0 Å². The molecule has 38 heavy (non-hydrogen) atoms. The van der Waals surface area contributed by atoms with Crippen LogP contribution in [0.2, 0.25) is 0 Å². The van der Waals surface area contributed by atoms with E-state index in [2.05, 4.69) is 45.4 Å². The summed E-state index contributed by atoms with van der Waals surface area (Å²) >= 11 is 0. The second-order valence-corrected chi connectivity index (χ2v) is 11.3. The monoisotopic (exact) mass is 514 g/mol. The molecule has 200 valence electrons. The summed E-state index contributed by atoms with van der Waals surface area (Å²) in [6, 6.07) is 7.06. The van der Waals surface area contributed by atoms with Crippen molar-refractivity contribution in [3.05, 3.63) is 64.6 Å². The van der Waals surface area contributed by atoms with Crippen molar-refractivity contribution in [2.75, 3.05) is 26.2 Å². The minimum Gasteiger partial charge on any atom is -0.404 e. The molecule has 0 spiro atoms. The van der Waals surface area contributed by atoms with Gasteiger partial charge in [-0.15, -0.1) is 0 Å². The van der Waals surface area contributed by atoms with Crippen LogP contribution in [0.25, 0.3) is 22.2 Å². The first-order valence-electron chi connectivity index (χ1n) is 13.4. The van der Waals surface area contributed by atoms with Gasteiger partial charge in [-0.05, 0) is 72.7 Å². The Bertz CT molecular complexity index is 1400. The number of aliphatic imine (C=N–C) groups is 1. The Morgan fingerprint density at radius 2 is 2.16 bits per heavy atom. The number of H-pyrrole nitrogens is 1. The molecule has 8 heteroatoms. The Morgan fingerprint density at radius 3 is 2.89 bits per heavy atom. The molecule has 1 atom stereocenters. The summed E-state index contributed by atoms with van der Waals surface area (Å²) in [6.45, 7) is 8.57. The first-order chi connectivity index (χ1) is 18.3. The van der Waals surface area contributed by atoms with Gasteiger partial charge in [0.1, 0.15) is 5.65 Å². The van der Waals surface area contributed by atoms with Crippen molar-refractivity contribution in [3.8, 4) is 11.1 Å². The van der Waals surface area contributed by atoms with E-state index in [4.69, 9.17) is 5.73 Å². The number of aliphatic hydroxyl groups excluding tert-OH is 1. The number of fused-ring (bicyclic) bond motifs is 2. The number of nitrogens with zero attached hydrogens (tertiary/aromatic N) is 3. The van der Waals surface area contributed by atoms with Crippen LogP contribution in [0.4, 0.5) is 0 Å². The van der Waals surface area contributed by atoms with Crippen LogP contribution in [0, 0.1) is 12.3 Å². The number of hydrogen-bond donors (Lipinski definition) is 4. The SMILES string of the molecule is Cc1c[nH]c2ncc(-c3cc4c(c([C@@H]5CCCN5)c3)CN(C(=O)C(C=NCC(C)(C)CO)=CN)CC4)cc12. The zero-order valence-electron chi connectivity index (χ0n) is 22.6. The Kier molecular flexibility index (Phi) is 7.36. The van der Waals surface area contributed by atoms with E-state index >= 15 is 0 Å². The molecule has 2 aromatic heterocycles. The van der Waals surface area contributed by atoms with Gasteiger partial charge in [0, 0.05) is 73.5 Å². The molecule has 0 aliphatic carbocycles. The third kappa shape index (κ3) is 5.24. The van der Waals surface area contributed by atoms with Gasteiger partial charge < -0.3 is 26.0 Å². The van der Waals surface area contributed by atoms with Gasteiger partial charge in [-0.2, -0.15) is 0 Å². The second-order valence-electron chi connectivity index (χ2n) is 11.3. The first kappa shape index (κ1) is 26.1. The van der Waals surface area contributed by atoms with Crippen LogP contribution in [-0.2, 0) is 17.8 Å². The molecule has 5 rings (SSSR count). The standard InChI is InChI=1S/C30H38N6O2/c1-19-13-34-28-24(19)11-22(15-35-28)21-9-20-6-8-36(16-26(20)25(10-21)27-5-4-7-33-27)29(38)23(12-31)14-32-17-30(2,3)18-37/h9-15,27,33,37H,4-8,16-18,31H2,1-3H3,(H,34,35)/t27-/m0/s1. The number of aliphatic hydroxyl groups is 1. The predicted molar refractivity (Wildman–Crippen MR) is 152 cm³/mol. The maximum atomic E-state index is 13.4. The van der Waals surface area contributed by atoms with Crippen molar-refractivity contribution in [1.29, 1.82) is 0 Å². The third-order valence-electron chi connectivity index (χ3n) is 7.78. The fourth-order valence-corrected chi connectivity index (χ4v) is 5.38. The Hall–Kier alpha value is -3.49. The lowest BCUT2D eigenvalue weighted by Gasteiger charge is -2.32. The Morgan fingerprint density at radius 1 is 1.32 bits per heavy atom. The molecule has 2 aliphatic rings.